The molecule has 10 nitrogen and oxygen atoms in total. The van der Waals surface area contributed by atoms with Crippen molar-refractivity contribution in [1.82, 2.24) is 10.1 Å². The average molecular weight is 388 g/mol. The van der Waals surface area contributed by atoms with E-state index in [1.54, 1.807) is 13.0 Å². The largest absolute Gasteiger partial charge is 0.376 e. The Balaban J connectivity index is 1.72. The first kappa shape index (κ1) is 19.5. The lowest BCUT2D eigenvalue weighted by atomic mass is 10.1. The van der Waals surface area contributed by atoms with E-state index in [2.05, 4.69) is 10.5 Å². The number of rotatable bonds is 7. The molecule has 0 spiro atoms. The van der Waals surface area contributed by atoms with Crippen LogP contribution in [0.1, 0.15) is 29.0 Å². The third kappa shape index (κ3) is 4.92. The predicted molar refractivity (Wildman–Crippen MR) is 97.8 cm³/mol. The Hall–Kier alpha value is -3.27. The summed E-state index contributed by atoms with van der Waals surface area (Å²) in [6.45, 7) is 2.36. The summed E-state index contributed by atoms with van der Waals surface area (Å²) in [6.07, 6.45) is 1.55. The van der Waals surface area contributed by atoms with Gasteiger partial charge in [0.15, 0.2) is 5.82 Å². The van der Waals surface area contributed by atoms with Crippen LogP contribution in [0.15, 0.2) is 34.9 Å². The van der Waals surface area contributed by atoms with Crippen LogP contribution in [0.25, 0.3) is 0 Å². The zero-order valence-electron chi connectivity index (χ0n) is 15.3. The van der Waals surface area contributed by atoms with Crippen molar-refractivity contribution >= 4 is 23.3 Å². The van der Waals surface area contributed by atoms with Gasteiger partial charge in [-0.15, -0.1) is 0 Å². The number of nitro benzene ring substituents is 1. The van der Waals surface area contributed by atoms with E-state index in [-0.39, 0.29) is 36.3 Å². The molecular weight excluding hydrogens is 368 g/mol. The number of nitrogens with zero attached hydrogens (tertiary/aromatic N) is 3. The zero-order chi connectivity index (χ0) is 20.1. The van der Waals surface area contributed by atoms with E-state index in [0.717, 1.165) is 12.8 Å². The van der Waals surface area contributed by atoms with Crippen LogP contribution in [0.5, 0.6) is 0 Å². The maximum absolute atomic E-state index is 12.9. The molecule has 0 bridgehead atoms. The van der Waals surface area contributed by atoms with Gasteiger partial charge >= 0.3 is 0 Å². The molecule has 3 rings (SSSR count). The summed E-state index contributed by atoms with van der Waals surface area (Å²) in [5, 5.41) is 17.1. The van der Waals surface area contributed by atoms with E-state index in [9.17, 15) is 19.7 Å². The second-order valence-electron chi connectivity index (χ2n) is 6.50. The number of nitrogens with one attached hydrogen (secondary N) is 1. The first-order valence-electron chi connectivity index (χ1n) is 8.81. The fourth-order valence-electron chi connectivity index (χ4n) is 2.94. The molecule has 1 atom stereocenters. The average Bonchev–Trinajstić information content (AvgIpc) is 3.32. The summed E-state index contributed by atoms with van der Waals surface area (Å²) in [4.78, 5) is 36.9. The van der Waals surface area contributed by atoms with Crippen molar-refractivity contribution < 1.29 is 23.8 Å². The van der Waals surface area contributed by atoms with Gasteiger partial charge in [-0.3, -0.25) is 19.7 Å². The number of anilines is 1. The lowest BCUT2D eigenvalue weighted by molar-refractivity contribution is -0.384. The van der Waals surface area contributed by atoms with Crippen LogP contribution in [0.4, 0.5) is 11.5 Å². The Bertz CT molecular complexity index is 857. The van der Waals surface area contributed by atoms with Crippen LogP contribution >= 0.6 is 0 Å². The number of non-ortho nitro benzene ring substituents is 1. The molecule has 148 valence electrons. The minimum Gasteiger partial charge on any atom is -0.376 e. The van der Waals surface area contributed by atoms with Crippen molar-refractivity contribution in [2.75, 3.05) is 25.0 Å². The SMILES string of the molecule is Cc1cc(NC(=O)CN(C[C@H]2CCCO2)C(=O)c2ccc([N+](=O)[O-])cc2)no1. The Morgan fingerprint density at radius 2 is 2.11 bits per heavy atom. The van der Waals surface area contributed by atoms with Crippen LogP contribution < -0.4 is 5.32 Å². The molecule has 10 heteroatoms. The first-order valence-corrected chi connectivity index (χ1v) is 8.81. The highest BCUT2D eigenvalue weighted by molar-refractivity contribution is 5.99. The number of hydrogen-bond acceptors (Lipinski definition) is 7. The highest BCUT2D eigenvalue weighted by atomic mass is 16.6. The Kier molecular flexibility index (Phi) is 5.99. The molecular formula is C18H20N4O6. The van der Waals surface area contributed by atoms with Gasteiger partial charge in [0.2, 0.25) is 5.91 Å². The van der Waals surface area contributed by atoms with E-state index in [1.165, 1.54) is 29.2 Å². The van der Waals surface area contributed by atoms with Crippen LogP contribution in [-0.4, -0.2) is 52.6 Å². The molecule has 0 saturated carbocycles. The van der Waals surface area contributed by atoms with Crippen LogP contribution in [-0.2, 0) is 9.53 Å². The molecule has 1 fully saturated rings. The quantitative estimate of drug-likeness (QED) is 0.568. The van der Waals surface area contributed by atoms with Gasteiger partial charge < -0.3 is 19.5 Å². The number of aromatic nitrogens is 1. The number of carbonyl (C=O) groups excluding carboxylic acids is 2. The second-order valence-corrected chi connectivity index (χ2v) is 6.50. The van der Waals surface area contributed by atoms with Gasteiger partial charge in [-0.2, -0.15) is 0 Å². The number of benzene rings is 1. The van der Waals surface area contributed by atoms with Crippen molar-refractivity contribution in [1.29, 1.82) is 0 Å². The summed E-state index contributed by atoms with van der Waals surface area (Å²) >= 11 is 0. The molecule has 0 aliphatic carbocycles. The fraction of sp³-hybridized carbons (Fsp3) is 0.389. The third-order valence-electron chi connectivity index (χ3n) is 4.29. The number of nitro groups is 1. The smallest absolute Gasteiger partial charge is 0.269 e. The van der Waals surface area contributed by atoms with Crippen molar-refractivity contribution in [3.8, 4) is 0 Å². The van der Waals surface area contributed by atoms with Gasteiger partial charge in [-0.25, -0.2) is 0 Å². The van der Waals surface area contributed by atoms with Crippen LogP contribution in [0.3, 0.4) is 0 Å². The molecule has 2 amide bonds. The van der Waals surface area contributed by atoms with Gasteiger partial charge in [0.1, 0.15) is 12.3 Å². The molecule has 0 unspecified atom stereocenters. The Morgan fingerprint density at radius 1 is 1.36 bits per heavy atom. The van der Waals surface area contributed by atoms with E-state index >= 15 is 0 Å². The summed E-state index contributed by atoms with van der Waals surface area (Å²) in [7, 11) is 0. The number of aryl methyl sites for hydroxylation is 1. The fourth-order valence-corrected chi connectivity index (χ4v) is 2.94. The predicted octanol–water partition coefficient (Wildman–Crippen LogP) is 2.15. The molecule has 1 aromatic heterocycles. The van der Waals surface area contributed by atoms with Gasteiger partial charge in [-0.1, -0.05) is 5.16 Å². The molecule has 1 aliphatic rings. The highest BCUT2D eigenvalue weighted by Gasteiger charge is 2.26. The summed E-state index contributed by atoms with van der Waals surface area (Å²) in [5.41, 5.74) is 0.148. The van der Waals surface area contributed by atoms with Crippen molar-refractivity contribution in [3.05, 3.63) is 51.8 Å². The molecule has 1 aliphatic heterocycles. The van der Waals surface area contributed by atoms with Crippen LogP contribution in [0.2, 0.25) is 0 Å². The van der Waals surface area contributed by atoms with Gasteiger partial charge in [0.05, 0.1) is 11.0 Å². The number of ether oxygens (including phenoxy) is 1. The summed E-state index contributed by atoms with van der Waals surface area (Å²) in [5.74, 6) is -0.0192. The van der Waals surface area contributed by atoms with E-state index in [0.29, 0.717) is 12.4 Å². The monoisotopic (exact) mass is 388 g/mol. The molecule has 2 heterocycles. The minimum atomic E-state index is -0.536. The molecule has 1 saturated heterocycles. The number of amides is 2. The Morgan fingerprint density at radius 3 is 2.68 bits per heavy atom. The van der Waals surface area contributed by atoms with Crippen molar-refractivity contribution in [2.24, 2.45) is 0 Å². The number of hydrogen-bond donors (Lipinski definition) is 1. The normalized spacial score (nSPS) is 16.0. The molecule has 2 aromatic rings. The van der Waals surface area contributed by atoms with Crippen molar-refractivity contribution in [2.45, 2.75) is 25.9 Å². The highest BCUT2D eigenvalue weighted by Crippen LogP contribution is 2.17. The van der Waals surface area contributed by atoms with E-state index in [1.807, 2.05) is 0 Å². The lowest BCUT2D eigenvalue weighted by Gasteiger charge is -2.25. The second kappa shape index (κ2) is 8.61. The summed E-state index contributed by atoms with van der Waals surface area (Å²) < 4.78 is 10.5. The van der Waals surface area contributed by atoms with E-state index < -0.39 is 16.7 Å². The third-order valence-corrected chi connectivity index (χ3v) is 4.29. The zero-order valence-corrected chi connectivity index (χ0v) is 15.3. The minimum absolute atomic E-state index is 0.110. The molecule has 0 radical (unpaired) electrons. The standard InChI is InChI=1S/C18H20N4O6/c1-12-9-16(20-28-12)19-17(23)11-21(10-15-3-2-8-27-15)18(24)13-4-6-14(7-5-13)22(25)26/h4-7,9,15H,2-3,8,10-11H2,1H3,(H,19,20,23)/t15-/m1/s1. The Labute approximate surface area is 160 Å². The van der Waals surface area contributed by atoms with Gasteiger partial charge in [0.25, 0.3) is 11.6 Å². The van der Waals surface area contributed by atoms with Gasteiger partial charge in [-0.05, 0) is 31.9 Å². The topological polar surface area (TPSA) is 128 Å². The molecule has 1 N–H and O–H groups in total. The molecule has 28 heavy (non-hydrogen) atoms. The molecule has 1 aromatic carbocycles. The summed E-state index contributed by atoms with van der Waals surface area (Å²) in [6, 6.07) is 6.84. The lowest BCUT2D eigenvalue weighted by Crippen LogP contribution is -2.42. The van der Waals surface area contributed by atoms with Crippen LogP contribution in [0, 0.1) is 17.0 Å². The maximum Gasteiger partial charge on any atom is 0.269 e. The number of carbonyl (C=O) groups is 2. The maximum atomic E-state index is 12.9. The first-order chi connectivity index (χ1) is 13.4. The van der Waals surface area contributed by atoms with E-state index in [4.69, 9.17) is 9.26 Å². The van der Waals surface area contributed by atoms with Gasteiger partial charge in [0, 0.05) is 36.9 Å². The van der Waals surface area contributed by atoms with Crippen molar-refractivity contribution in [3.63, 3.8) is 0 Å².